The number of carbonyl (C=O) groups excluding carboxylic acids is 1. The molecular formula is C63H103NO13. The van der Waals surface area contributed by atoms with Crippen LogP contribution < -0.4 is 5.32 Å². The van der Waals surface area contributed by atoms with E-state index in [4.69, 9.17) is 18.9 Å². The van der Waals surface area contributed by atoms with Gasteiger partial charge in [-0.15, -0.1) is 0 Å². The highest BCUT2D eigenvalue weighted by Crippen LogP contribution is 2.30. The average molecular weight is 1080 g/mol. The Morgan fingerprint density at radius 2 is 0.909 bits per heavy atom. The van der Waals surface area contributed by atoms with Crippen molar-refractivity contribution in [3.8, 4) is 0 Å². The van der Waals surface area contributed by atoms with Gasteiger partial charge in [-0.2, -0.15) is 0 Å². The van der Waals surface area contributed by atoms with Gasteiger partial charge in [-0.3, -0.25) is 4.79 Å². The van der Waals surface area contributed by atoms with Crippen LogP contribution in [0.15, 0.2) is 122 Å². The molecule has 12 atom stereocenters. The summed E-state index contributed by atoms with van der Waals surface area (Å²) >= 11 is 0. The van der Waals surface area contributed by atoms with Crippen LogP contribution in [0, 0.1) is 0 Å². The van der Waals surface area contributed by atoms with Crippen molar-refractivity contribution in [2.75, 3.05) is 19.8 Å². The Hall–Kier alpha value is -3.61. The molecule has 14 nitrogen and oxygen atoms in total. The molecule has 0 spiro atoms. The summed E-state index contributed by atoms with van der Waals surface area (Å²) in [6.07, 6.45) is 50.9. The Kier molecular flexibility index (Phi) is 42.6. The lowest BCUT2D eigenvalue weighted by atomic mass is 9.97. The quantitative estimate of drug-likeness (QED) is 0.0205. The van der Waals surface area contributed by atoms with Crippen LogP contribution in [-0.2, 0) is 23.7 Å². The maximum Gasteiger partial charge on any atom is 0.220 e. The van der Waals surface area contributed by atoms with Crippen molar-refractivity contribution in [2.24, 2.45) is 0 Å². The van der Waals surface area contributed by atoms with Gasteiger partial charge in [-0.1, -0.05) is 193 Å². The maximum absolute atomic E-state index is 13.2. The summed E-state index contributed by atoms with van der Waals surface area (Å²) < 4.78 is 22.7. The van der Waals surface area contributed by atoms with E-state index in [1.807, 2.05) is 6.08 Å². The Morgan fingerprint density at radius 1 is 0.481 bits per heavy atom. The number of hydrogen-bond acceptors (Lipinski definition) is 13. The van der Waals surface area contributed by atoms with Gasteiger partial charge in [-0.05, 0) is 96.3 Å². The third kappa shape index (κ3) is 32.9. The molecule has 0 radical (unpaired) electrons. The van der Waals surface area contributed by atoms with Gasteiger partial charge >= 0.3 is 0 Å². The lowest BCUT2D eigenvalue weighted by Gasteiger charge is -2.46. The van der Waals surface area contributed by atoms with Gasteiger partial charge in [0.15, 0.2) is 12.6 Å². The largest absolute Gasteiger partial charge is 0.394 e. The molecule has 9 N–H and O–H groups in total. The van der Waals surface area contributed by atoms with Crippen LogP contribution in [0.3, 0.4) is 0 Å². The summed E-state index contributed by atoms with van der Waals surface area (Å²) in [6.45, 7) is 2.61. The zero-order valence-electron chi connectivity index (χ0n) is 46.9. The SMILES string of the molecule is CC/C=C\C/C=C\C/C=C\C/C=C\C/C=C\C/C=C\C/C=C\C/C=C\CCCCC(=O)NC(COC1OC(CO)C(OC2OC(CO)C(O)C(O)C2O)C(O)C1O)C(O)/C=C/CC/C=C/CCCCCCCCCCCC. The van der Waals surface area contributed by atoms with Crippen LogP contribution in [0.4, 0.5) is 0 Å². The van der Waals surface area contributed by atoms with E-state index in [1.165, 1.54) is 64.2 Å². The van der Waals surface area contributed by atoms with E-state index >= 15 is 0 Å². The predicted molar refractivity (Wildman–Crippen MR) is 308 cm³/mol. The second-order valence-corrected chi connectivity index (χ2v) is 20.0. The van der Waals surface area contributed by atoms with Crippen LogP contribution in [0.25, 0.3) is 0 Å². The fourth-order valence-corrected chi connectivity index (χ4v) is 8.67. The number of rotatable bonds is 44. The second-order valence-electron chi connectivity index (χ2n) is 20.0. The zero-order valence-corrected chi connectivity index (χ0v) is 46.9. The van der Waals surface area contributed by atoms with Crippen LogP contribution in [0.5, 0.6) is 0 Å². The molecule has 1 amide bonds. The zero-order chi connectivity index (χ0) is 56.0. The number of aliphatic hydroxyl groups excluding tert-OH is 8. The van der Waals surface area contributed by atoms with Gasteiger partial charge in [0.1, 0.15) is 48.8 Å². The standard InChI is InChI=1S/C63H103NO13/c1-3-5-7-9-11-13-15-17-19-21-22-23-24-25-26-27-28-29-30-31-33-35-37-39-41-43-45-47-55(68)64-51(52(67)46-44-42-40-38-36-34-32-20-18-16-14-12-10-8-6-4-2)50-74-62-60(73)58(71)61(54(49-66)76-62)77-63-59(72)57(70)56(69)53(48-65)75-63/h5,7,11,13,17,19,22-23,25-26,28-29,31,33,36-39,44,46,51-54,56-63,65-67,69-73H,3-4,6,8-10,12,14-16,18,20-21,24,27,30,32,34-35,40-43,45,47-50H2,1-2H3,(H,64,68)/b7-5-,13-11-,19-17-,23-22-,26-25-,29-28-,33-31-,38-36+,39-37-,46-44+. The first-order valence-electron chi connectivity index (χ1n) is 29.3. The van der Waals surface area contributed by atoms with E-state index in [9.17, 15) is 45.6 Å². The van der Waals surface area contributed by atoms with E-state index < -0.39 is 86.8 Å². The summed E-state index contributed by atoms with van der Waals surface area (Å²) in [7, 11) is 0. The number of carbonyl (C=O) groups is 1. The minimum absolute atomic E-state index is 0.210. The molecule has 0 aromatic heterocycles. The number of allylic oxidation sites excluding steroid dienone is 19. The molecule has 2 heterocycles. The van der Waals surface area contributed by atoms with Crippen LogP contribution in [-0.4, -0.2) is 140 Å². The average Bonchev–Trinajstić information content (AvgIpc) is 3.43. The number of unbranched alkanes of at least 4 members (excludes halogenated alkanes) is 13. The Bertz CT molecular complexity index is 1750. The van der Waals surface area contributed by atoms with E-state index in [0.717, 1.165) is 77.0 Å². The Morgan fingerprint density at radius 3 is 1.43 bits per heavy atom. The van der Waals surface area contributed by atoms with E-state index in [0.29, 0.717) is 12.8 Å². The summed E-state index contributed by atoms with van der Waals surface area (Å²) in [5.41, 5.74) is 0. The van der Waals surface area contributed by atoms with E-state index in [1.54, 1.807) is 6.08 Å². The Labute approximate surface area is 463 Å². The fraction of sp³-hybridized carbons (Fsp3) is 0.667. The smallest absolute Gasteiger partial charge is 0.220 e. The summed E-state index contributed by atoms with van der Waals surface area (Å²) in [4.78, 5) is 13.2. The van der Waals surface area contributed by atoms with Gasteiger partial charge in [0.25, 0.3) is 0 Å². The van der Waals surface area contributed by atoms with Crippen molar-refractivity contribution in [1.29, 1.82) is 0 Å². The summed E-state index contributed by atoms with van der Waals surface area (Å²) in [5, 5.41) is 87.0. The molecule has 77 heavy (non-hydrogen) atoms. The minimum atomic E-state index is -1.80. The molecule has 0 aromatic rings. The third-order valence-electron chi connectivity index (χ3n) is 13.4. The topological polar surface area (TPSA) is 228 Å². The number of nitrogens with one attached hydrogen (secondary N) is 1. The van der Waals surface area contributed by atoms with E-state index in [2.05, 4.69) is 129 Å². The highest BCUT2D eigenvalue weighted by atomic mass is 16.7. The molecule has 12 unspecified atom stereocenters. The van der Waals surface area contributed by atoms with Crippen molar-refractivity contribution in [3.63, 3.8) is 0 Å². The first-order valence-corrected chi connectivity index (χ1v) is 29.3. The molecule has 2 fully saturated rings. The lowest BCUT2D eigenvalue weighted by Crippen LogP contribution is -2.65. The van der Waals surface area contributed by atoms with Crippen LogP contribution in [0.1, 0.15) is 174 Å². The predicted octanol–water partition coefficient (Wildman–Crippen LogP) is 9.83. The van der Waals surface area contributed by atoms with Crippen LogP contribution in [0.2, 0.25) is 0 Å². The van der Waals surface area contributed by atoms with Gasteiger partial charge in [0, 0.05) is 6.42 Å². The van der Waals surface area contributed by atoms with Gasteiger partial charge < -0.3 is 65.1 Å². The molecule has 2 saturated heterocycles. The minimum Gasteiger partial charge on any atom is -0.394 e. The summed E-state index contributed by atoms with van der Waals surface area (Å²) in [5.74, 6) is -0.298. The normalized spacial score (nSPS) is 25.6. The lowest BCUT2D eigenvalue weighted by molar-refractivity contribution is -0.359. The molecule has 2 aliphatic rings. The number of ether oxygens (including phenoxy) is 4. The number of hydrogen-bond donors (Lipinski definition) is 9. The van der Waals surface area contributed by atoms with Gasteiger partial charge in [0.2, 0.25) is 5.91 Å². The molecule has 14 heteroatoms. The van der Waals surface area contributed by atoms with Crippen molar-refractivity contribution in [2.45, 2.75) is 248 Å². The Balaban J connectivity index is 1.81. The number of amides is 1. The second kappa shape index (κ2) is 47.2. The summed E-state index contributed by atoms with van der Waals surface area (Å²) in [6, 6.07) is -0.964. The first-order chi connectivity index (χ1) is 37.6. The van der Waals surface area contributed by atoms with Crippen molar-refractivity contribution >= 4 is 5.91 Å². The van der Waals surface area contributed by atoms with Crippen molar-refractivity contribution in [3.05, 3.63) is 122 Å². The molecule has 0 aliphatic carbocycles. The van der Waals surface area contributed by atoms with Crippen LogP contribution >= 0.6 is 0 Å². The highest BCUT2D eigenvalue weighted by Gasteiger charge is 2.51. The molecule has 0 saturated carbocycles. The molecule has 438 valence electrons. The first kappa shape index (κ1) is 69.5. The molecule has 2 aliphatic heterocycles. The third-order valence-corrected chi connectivity index (χ3v) is 13.4. The molecule has 2 rings (SSSR count). The van der Waals surface area contributed by atoms with Gasteiger partial charge in [-0.25, -0.2) is 0 Å². The molecular weight excluding hydrogens is 979 g/mol. The highest BCUT2D eigenvalue weighted by molar-refractivity contribution is 5.76. The van der Waals surface area contributed by atoms with Crippen molar-refractivity contribution in [1.82, 2.24) is 5.32 Å². The maximum atomic E-state index is 13.2. The molecule has 0 bridgehead atoms. The van der Waals surface area contributed by atoms with Crippen molar-refractivity contribution < 1.29 is 64.6 Å². The van der Waals surface area contributed by atoms with Gasteiger partial charge in [0.05, 0.1) is 32.0 Å². The number of aliphatic hydroxyl groups is 8. The van der Waals surface area contributed by atoms with E-state index in [-0.39, 0.29) is 18.9 Å². The fourth-order valence-electron chi connectivity index (χ4n) is 8.67. The molecule has 0 aromatic carbocycles. The monoisotopic (exact) mass is 1080 g/mol.